The van der Waals surface area contributed by atoms with Gasteiger partial charge in [0, 0.05) is 6.54 Å². The Bertz CT molecular complexity index is 612. The van der Waals surface area contributed by atoms with Crippen molar-refractivity contribution in [2.24, 2.45) is 0 Å². The topological polar surface area (TPSA) is 60.6 Å². The van der Waals surface area contributed by atoms with Crippen molar-refractivity contribution in [3.05, 3.63) is 35.5 Å². The first-order chi connectivity index (χ1) is 10.2. The lowest BCUT2D eigenvalue weighted by atomic mass is 10.2. The number of aromatic nitrogens is 2. The van der Waals surface area contributed by atoms with Crippen molar-refractivity contribution in [3.63, 3.8) is 0 Å². The van der Waals surface area contributed by atoms with Gasteiger partial charge < -0.3 is 14.0 Å². The maximum Gasteiger partial charge on any atom is 0.240 e. The number of ether oxygens (including phenoxy) is 2. The van der Waals surface area contributed by atoms with Gasteiger partial charge in [0.2, 0.25) is 5.89 Å². The Morgan fingerprint density at radius 3 is 2.67 bits per heavy atom. The minimum absolute atomic E-state index is 0.606. The van der Waals surface area contributed by atoms with Gasteiger partial charge in [0.25, 0.3) is 0 Å². The number of fused-ring (bicyclic) bond motifs is 1. The summed E-state index contributed by atoms with van der Waals surface area (Å²) in [5.41, 5.74) is 1.18. The van der Waals surface area contributed by atoms with Crippen LogP contribution in [0.15, 0.2) is 22.7 Å². The Balaban J connectivity index is 1.68. The third-order valence-corrected chi connectivity index (χ3v) is 3.39. The standard InChI is InChI=1S/C15H19N3O3/c1-3-18(10-15-16-11(2)17-21-15)9-12-4-5-13-14(8-12)20-7-6-19-13/h4-5,8H,3,6-7,9-10H2,1-2H3. The number of aryl methyl sites for hydroxylation is 1. The number of benzene rings is 1. The molecule has 1 aromatic heterocycles. The predicted octanol–water partition coefficient (Wildman–Crippen LogP) is 2.17. The Morgan fingerprint density at radius 1 is 1.14 bits per heavy atom. The second-order valence-corrected chi connectivity index (χ2v) is 5.02. The van der Waals surface area contributed by atoms with Gasteiger partial charge in [0.15, 0.2) is 17.3 Å². The normalized spacial score (nSPS) is 13.7. The molecule has 0 N–H and O–H groups in total. The lowest BCUT2D eigenvalue weighted by molar-refractivity contribution is 0.170. The third kappa shape index (κ3) is 3.33. The summed E-state index contributed by atoms with van der Waals surface area (Å²) in [5.74, 6) is 2.95. The van der Waals surface area contributed by atoms with E-state index in [9.17, 15) is 0 Å². The van der Waals surface area contributed by atoms with Crippen molar-refractivity contribution in [1.82, 2.24) is 15.0 Å². The molecule has 21 heavy (non-hydrogen) atoms. The van der Waals surface area contributed by atoms with E-state index in [1.807, 2.05) is 19.1 Å². The van der Waals surface area contributed by atoms with Crippen LogP contribution in [0.2, 0.25) is 0 Å². The molecule has 3 rings (SSSR count). The van der Waals surface area contributed by atoms with Gasteiger partial charge in [-0.2, -0.15) is 4.98 Å². The Morgan fingerprint density at radius 2 is 1.95 bits per heavy atom. The average molecular weight is 289 g/mol. The van der Waals surface area contributed by atoms with E-state index in [2.05, 4.69) is 28.0 Å². The molecule has 0 radical (unpaired) electrons. The van der Waals surface area contributed by atoms with Gasteiger partial charge in [-0.15, -0.1) is 0 Å². The molecule has 0 aliphatic carbocycles. The summed E-state index contributed by atoms with van der Waals surface area (Å²) < 4.78 is 16.3. The molecule has 0 amide bonds. The lowest BCUT2D eigenvalue weighted by Gasteiger charge is -2.21. The second-order valence-electron chi connectivity index (χ2n) is 5.02. The van der Waals surface area contributed by atoms with E-state index in [1.165, 1.54) is 5.56 Å². The summed E-state index contributed by atoms with van der Waals surface area (Å²) in [7, 11) is 0. The lowest BCUT2D eigenvalue weighted by Crippen LogP contribution is -2.23. The van der Waals surface area contributed by atoms with Crippen LogP contribution in [-0.4, -0.2) is 34.8 Å². The van der Waals surface area contributed by atoms with Crippen molar-refractivity contribution >= 4 is 0 Å². The quantitative estimate of drug-likeness (QED) is 0.840. The zero-order chi connectivity index (χ0) is 14.7. The molecule has 1 aliphatic rings. The highest BCUT2D eigenvalue weighted by Crippen LogP contribution is 2.31. The molecule has 1 aromatic carbocycles. The molecule has 1 aliphatic heterocycles. The average Bonchev–Trinajstić information content (AvgIpc) is 2.91. The molecule has 0 atom stereocenters. The number of nitrogens with zero attached hydrogens (tertiary/aromatic N) is 3. The molecule has 112 valence electrons. The first-order valence-electron chi connectivity index (χ1n) is 7.14. The molecule has 2 aromatic rings. The fourth-order valence-corrected chi connectivity index (χ4v) is 2.32. The van der Waals surface area contributed by atoms with Crippen molar-refractivity contribution in [2.45, 2.75) is 26.9 Å². The van der Waals surface area contributed by atoms with Crippen LogP contribution >= 0.6 is 0 Å². The highest BCUT2D eigenvalue weighted by Gasteiger charge is 2.14. The van der Waals surface area contributed by atoms with Crippen molar-refractivity contribution in [3.8, 4) is 11.5 Å². The van der Waals surface area contributed by atoms with Crippen LogP contribution in [0, 0.1) is 6.92 Å². The molecule has 6 heteroatoms. The summed E-state index contributed by atoms with van der Waals surface area (Å²) in [5, 5.41) is 3.82. The van der Waals surface area contributed by atoms with E-state index in [-0.39, 0.29) is 0 Å². The maximum atomic E-state index is 5.62. The van der Waals surface area contributed by atoms with E-state index < -0.39 is 0 Å². The van der Waals surface area contributed by atoms with Gasteiger partial charge in [-0.25, -0.2) is 0 Å². The third-order valence-electron chi connectivity index (χ3n) is 3.39. The summed E-state index contributed by atoms with van der Waals surface area (Å²) >= 11 is 0. The fourth-order valence-electron chi connectivity index (χ4n) is 2.32. The van der Waals surface area contributed by atoms with Crippen LogP contribution in [0.5, 0.6) is 11.5 Å². The Hall–Kier alpha value is -2.08. The molecule has 0 spiro atoms. The smallest absolute Gasteiger partial charge is 0.240 e. The largest absolute Gasteiger partial charge is 0.486 e. The number of hydrogen-bond donors (Lipinski definition) is 0. The van der Waals surface area contributed by atoms with E-state index >= 15 is 0 Å². The Labute approximate surface area is 123 Å². The van der Waals surface area contributed by atoms with Gasteiger partial charge in [-0.3, -0.25) is 4.90 Å². The second kappa shape index (κ2) is 6.13. The van der Waals surface area contributed by atoms with Gasteiger partial charge in [0.1, 0.15) is 13.2 Å². The van der Waals surface area contributed by atoms with Crippen LogP contribution in [0.1, 0.15) is 24.2 Å². The van der Waals surface area contributed by atoms with Crippen LogP contribution in [0.3, 0.4) is 0 Å². The molecule has 0 unspecified atom stereocenters. The summed E-state index contributed by atoms with van der Waals surface area (Å²) in [4.78, 5) is 6.48. The molecule has 0 bridgehead atoms. The number of rotatable bonds is 5. The van der Waals surface area contributed by atoms with E-state index in [1.54, 1.807) is 0 Å². The van der Waals surface area contributed by atoms with Crippen LogP contribution in [0.25, 0.3) is 0 Å². The highest BCUT2D eigenvalue weighted by molar-refractivity contribution is 5.43. The predicted molar refractivity (Wildman–Crippen MR) is 76.3 cm³/mol. The van der Waals surface area contributed by atoms with E-state index in [0.717, 1.165) is 24.6 Å². The van der Waals surface area contributed by atoms with Crippen LogP contribution in [-0.2, 0) is 13.1 Å². The van der Waals surface area contributed by atoms with Gasteiger partial charge in [-0.05, 0) is 31.2 Å². The molecule has 6 nitrogen and oxygen atoms in total. The van der Waals surface area contributed by atoms with Crippen molar-refractivity contribution in [2.75, 3.05) is 19.8 Å². The number of hydrogen-bond acceptors (Lipinski definition) is 6. The fraction of sp³-hybridized carbons (Fsp3) is 0.467. The Kier molecular flexibility index (Phi) is 4.06. The van der Waals surface area contributed by atoms with Gasteiger partial charge >= 0.3 is 0 Å². The molecule has 0 fully saturated rings. The van der Waals surface area contributed by atoms with Crippen molar-refractivity contribution in [1.29, 1.82) is 0 Å². The summed E-state index contributed by atoms with van der Waals surface area (Å²) in [6.45, 7) is 7.50. The molecule has 0 saturated carbocycles. The maximum absolute atomic E-state index is 5.62. The van der Waals surface area contributed by atoms with Crippen LogP contribution < -0.4 is 9.47 Å². The zero-order valence-corrected chi connectivity index (χ0v) is 12.3. The molecular formula is C15H19N3O3. The molecular weight excluding hydrogens is 270 g/mol. The van der Waals surface area contributed by atoms with Gasteiger partial charge in [-0.1, -0.05) is 18.1 Å². The first kappa shape index (κ1) is 13.9. The van der Waals surface area contributed by atoms with Gasteiger partial charge in [0.05, 0.1) is 6.54 Å². The zero-order valence-electron chi connectivity index (χ0n) is 12.3. The minimum atomic E-state index is 0.606. The van der Waals surface area contributed by atoms with Crippen LogP contribution in [0.4, 0.5) is 0 Å². The van der Waals surface area contributed by atoms with Crippen molar-refractivity contribution < 1.29 is 14.0 Å². The summed E-state index contributed by atoms with van der Waals surface area (Å²) in [6, 6.07) is 6.07. The summed E-state index contributed by atoms with van der Waals surface area (Å²) in [6.07, 6.45) is 0. The monoisotopic (exact) mass is 289 g/mol. The van der Waals surface area contributed by atoms with E-state index in [4.69, 9.17) is 14.0 Å². The SMILES string of the molecule is CCN(Cc1ccc2c(c1)OCCO2)Cc1nc(C)no1. The molecule has 2 heterocycles. The highest BCUT2D eigenvalue weighted by atomic mass is 16.6. The first-order valence-corrected chi connectivity index (χ1v) is 7.14. The molecule has 0 saturated heterocycles. The minimum Gasteiger partial charge on any atom is -0.486 e. The van der Waals surface area contributed by atoms with E-state index in [0.29, 0.717) is 31.5 Å².